The van der Waals surface area contributed by atoms with Crippen LogP contribution in [0, 0.1) is 6.92 Å². The van der Waals surface area contributed by atoms with Crippen molar-refractivity contribution >= 4 is 21.8 Å². The minimum absolute atomic E-state index is 0.394. The molecule has 0 atom stereocenters. The van der Waals surface area contributed by atoms with Crippen molar-refractivity contribution in [2.24, 2.45) is 0 Å². The first-order valence-electron chi connectivity index (χ1n) is 7.18. The second-order valence-corrected chi connectivity index (χ2v) is 6.63. The summed E-state index contributed by atoms with van der Waals surface area (Å²) in [5.41, 5.74) is 1.98. The van der Waals surface area contributed by atoms with Crippen LogP contribution in [-0.4, -0.2) is 18.6 Å². The molecule has 0 bridgehead atoms. The molecule has 2 aromatic carbocycles. The molecule has 0 aliphatic carbocycles. The maximum absolute atomic E-state index is 12.1. The zero-order chi connectivity index (χ0) is 17.0. The molecule has 6 nitrogen and oxygen atoms in total. The summed E-state index contributed by atoms with van der Waals surface area (Å²) in [6.45, 7) is 1.71. The highest BCUT2D eigenvalue weighted by Crippen LogP contribution is 2.20. The Balaban J connectivity index is 1.72. The predicted molar refractivity (Wildman–Crippen MR) is 92.5 cm³/mol. The van der Waals surface area contributed by atoms with E-state index in [2.05, 4.69) is 14.9 Å². The molecule has 0 aliphatic heterocycles. The summed E-state index contributed by atoms with van der Waals surface area (Å²) >= 11 is 0. The van der Waals surface area contributed by atoms with Crippen LogP contribution in [0.5, 0.6) is 0 Å². The third-order valence-corrected chi connectivity index (χ3v) is 4.17. The Kier molecular flexibility index (Phi) is 4.43. The van der Waals surface area contributed by atoms with Gasteiger partial charge < -0.3 is 4.42 Å². The lowest BCUT2D eigenvalue weighted by atomic mass is 10.2. The van der Waals surface area contributed by atoms with Gasteiger partial charge in [-0.1, -0.05) is 30.3 Å². The fraction of sp³-hybridized carbons (Fsp3) is 0.0588. The quantitative estimate of drug-likeness (QED) is 0.768. The number of nitrogens with zero attached hydrogens (tertiary/aromatic N) is 2. The second kappa shape index (κ2) is 6.67. The lowest BCUT2D eigenvalue weighted by molar-refractivity contribution is 0.533. The fourth-order valence-corrected chi connectivity index (χ4v) is 2.89. The van der Waals surface area contributed by atoms with Crippen LogP contribution in [0.15, 0.2) is 64.4 Å². The molecule has 3 rings (SSSR count). The molecular formula is C17H15N3O3S. The van der Waals surface area contributed by atoms with Crippen molar-refractivity contribution < 1.29 is 12.8 Å². The van der Waals surface area contributed by atoms with E-state index in [9.17, 15) is 8.42 Å². The normalized spacial score (nSPS) is 11.7. The fourth-order valence-electron chi connectivity index (χ4n) is 2.02. The third-order valence-electron chi connectivity index (χ3n) is 3.16. The van der Waals surface area contributed by atoms with Gasteiger partial charge in [-0.3, -0.25) is 4.72 Å². The summed E-state index contributed by atoms with van der Waals surface area (Å²) in [6.07, 6.45) is 1.54. The van der Waals surface area contributed by atoms with E-state index < -0.39 is 10.0 Å². The van der Waals surface area contributed by atoms with E-state index in [1.54, 1.807) is 31.2 Å². The molecule has 0 fully saturated rings. The van der Waals surface area contributed by atoms with Gasteiger partial charge in [-0.15, -0.1) is 10.2 Å². The summed E-state index contributed by atoms with van der Waals surface area (Å²) in [7, 11) is -3.59. The number of aryl methyl sites for hydroxylation is 1. The minimum atomic E-state index is -3.59. The lowest BCUT2D eigenvalue weighted by Crippen LogP contribution is -2.08. The molecule has 3 aromatic rings. The maximum atomic E-state index is 12.1. The van der Waals surface area contributed by atoms with E-state index in [1.807, 2.05) is 30.3 Å². The van der Waals surface area contributed by atoms with Crippen LogP contribution in [0.1, 0.15) is 11.5 Å². The predicted octanol–water partition coefficient (Wildman–Crippen LogP) is 3.46. The Hall–Kier alpha value is -2.93. The summed E-state index contributed by atoms with van der Waals surface area (Å²) in [5.74, 6) is 0.867. The van der Waals surface area contributed by atoms with Crippen molar-refractivity contribution in [1.82, 2.24) is 10.2 Å². The van der Waals surface area contributed by atoms with Gasteiger partial charge in [-0.05, 0) is 35.9 Å². The Labute approximate surface area is 139 Å². The van der Waals surface area contributed by atoms with Gasteiger partial charge in [0, 0.05) is 18.2 Å². The van der Waals surface area contributed by atoms with E-state index in [-0.39, 0.29) is 0 Å². The van der Waals surface area contributed by atoms with E-state index in [0.717, 1.165) is 16.5 Å². The van der Waals surface area contributed by atoms with Gasteiger partial charge in [0.05, 0.1) is 5.41 Å². The van der Waals surface area contributed by atoms with E-state index in [1.165, 1.54) is 6.08 Å². The van der Waals surface area contributed by atoms with Crippen LogP contribution in [0.2, 0.25) is 0 Å². The highest BCUT2D eigenvalue weighted by atomic mass is 32.2. The molecule has 0 saturated heterocycles. The van der Waals surface area contributed by atoms with Crippen molar-refractivity contribution in [2.75, 3.05) is 4.72 Å². The summed E-state index contributed by atoms with van der Waals surface area (Å²) in [4.78, 5) is 0. The van der Waals surface area contributed by atoms with Crippen molar-refractivity contribution in [2.45, 2.75) is 6.92 Å². The highest BCUT2D eigenvalue weighted by molar-refractivity contribution is 7.95. The van der Waals surface area contributed by atoms with Gasteiger partial charge in [-0.2, -0.15) is 0 Å². The standard InChI is InChI=1S/C17H15N3O3S/c1-13-18-19-17(23-13)15-7-9-16(10-8-15)20-24(21,22)12-11-14-5-3-2-4-6-14/h2-12,20H,1H3/b12-11+. The Bertz CT molecular complexity index is 946. The van der Waals surface area contributed by atoms with Crippen LogP contribution in [0.4, 0.5) is 5.69 Å². The number of hydrogen-bond acceptors (Lipinski definition) is 5. The number of anilines is 1. The second-order valence-electron chi connectivity index (χ2n) is 5.06. The average molecular weight is 341 g/mol. The van der Waals surface area contributed by atoms with Gasteiger partial charge in [0.15, 0.2) is 0 Å². The van der Waals surface area contributed by atoms with E-state index in [0.29, 0.717) is 17.5 Å². The molecule has 0 saturated carbocycles. The first-order valence-corrected chi connectivity index (χ1v) is 8.73. The number of benzene rings is 2. The minimum Gasteiger partial charge on any atom is -0.421 e. The van der Waals surface area contributed by atoms with Gasteiger partial charge in [0.25, 0.3) is 10.0 Å². The van der Waals surface area contributed by atoms with Gasteiger partial charge in [-0.25, -0.2) is 8.42 Å². The number of nitrogens with one attached hydrogen (secondary N) is 1. The molecular weight excluding hydrogens is 326 g/mol. The smallest absolute Gasteiger partial charge is 0.255 e. The summed E-state index contributed by atoms with van der Waals surface area (Å²) in [6, 6.07) is 15.9. The van der Waals surface area contributed by atoms with Gasteiger partial charge >= 0.3 is 0 Å². The first-order chi connectivity index (χ1) is 11.5. The molecule has 24 heavy (non-hydrogen) atoms. The van der Waals surface area contributed by atoms with Crippen molar-refractivity contribution in [1.29, 1.82) is 0 Å². The molecule has 7 heteroatoms. The van der Waals surface area contributed by atoms with Crippen LogP contribution < -0.4 is 4.72 Å². The Morgan fingerprint density at radius 2 is 1.71 bits per heavy atom. The zero-order valence-electron chi connectivity index (χ0n) is 12.9. The molecule has 1 N–H and O–H groups in total. The van der Waals surface area contributed by atoms with Gasteiger partial charge in [0.2, 0.25) is 11.8 Å². The topological polar surface area (TPSA) is 85.1 Å². The Morgan fingerprint density at radius 3 is 2.33 bits per heavy atom. The zero-order valence-corrected chi connectivity index (χ0v) is 13.7. The lowest BCUT2D eigenvalue weighted by Gasteiger charge is -2.04. The largest absolute Gasteiger partial charge is 0.421 e. The van der Waals surface area contributed by atoms with Crippen LogP contribution in [-0.2, 0) is 10.0 Å². The van der Waals surface area contributed by atoms with Crippen molar-refractivity contribution in [3.8, 4) is 11.5 Å². The SMILES string of the molecule is Cc1nnc(-c2ccc(NS(=O)(=O)/C=C/c3ccccc3)cc2)o1. The molecule has 1 aromatic heterocycles. The number of hydrogen-bond donors (Lipinski definition) is 1. The molecule has 0 spiro atoms. The average Bonchev–Trinajstić information content (AvgIpc) is 3.01. The van der Waals surface area contributed by atoms with E-state index >= 15 is 0 Å². The van der Waals surface area contributed by atoms with Crippen LogP contribution in [0.25, 0.3) is 17.5 Å². The monoisotopic (exact) mass is 341 g/mol. The van der Waals surface area contributed by atoms with Gasteiger partial charge in [0.1, 0.15) is 0 Å². The molecule has 0 unspecified atom stereocenters. The molecule has 1 heterocycles. The number of sulfonamides is 1. The molecule has 122 valence electrons. The van der Waals surface area contributed by atoms with Crippen molar-refractivity contribution in [3.63, 3.8) is 0 Å². The highest BCUT2D eigenvalue weighted by Gasteiger charge is 2.08. The van der Waals surface area contributed by atoms with Crippen LogP contribution in [0.3, 0.4) is 0 Å². The summed E-state index contributed by atoms with van der Waals surface area (Å²) < 4.78 is 32.0. The third kappa shape index (κ3) is 4.08. The molecule has 0 aliphatic rings. The number of aromatic nitrogens is 2. The van der Waals surface area contributed by atoms with E-state index in [4.69, 9.17) is 4.42 Å². The Morgan fingerprint density at radius 1 is 1.00 bits per heavy atom. The van der Waals surface area contributed by atoms with Crippen LogP contribution >= 0.6 is 0 Å². The molecule has 0 amide bonds. The number of rotatable bonds is 5. The maximum Gasteiger partial charge on any atom is 0.255 e. The summed E-state index contributed by atoms with van der Waals surface area (Å²) in [5, 5.41) is 8.81. The first kappa shape index (κ1) is 15.9. The molecule has 0 radical (unpaired) electrons. The van der Waals surface area contributed by atoms with Crippen molar-refractivity contribution in [3.05, 3.63) is 71.5 Å².